The van der Waals surface area contributed by atoms with E-state index in [4.69, 9.17) is 4.74 Å². The molecule has 1 aromatic heterocycles. The normalized spacial score (nSPS) is 16.5. The Morgan fingerprint density at radius 3 is 2.48 bits per heavy atom. The van der Waals surface area contributed by atoms with Crippen LogP contribution < -0.4 is 4.74 Å². The standard InChI is InChI=1S/C20H25N3O2/c1-3-25-19-7-5-4-6-18(19)20(24)23-14-12-22(13-15-23)16(2)17-8-10-21-11-9-17/h4-11,16H,3,12-15H2,1-2H3/t16-/m0/s1. The van der Waals surface area contributed by atoms with Crippen molar-refractivity contribution in [3.05, 3.63) is 59.9 Å². The summed E-state index contributed by atoms with van der Waals surface area (Å²) < 4.78 is 5.60. The van der Waals surface area contributed by atoms with Crippen LogP contribution in [0.15, 0.2) is 48.8 Å². The highest BCUT2D eigenvalue weighted by Crippen LogP contribution is 2.24. The van der Waals surface area contributed by atoms with E-state index in [1.165, 1.54) is 5.56 Å². The van der Waals surface area contributed by atoms with E-state index < -0.39 is 0 Å². The van der Waals surface area contributed by atoms with Crippen LogP contribution in [0.1, 0.15) is 35.8 Å². The molecule has 0 bridgehead atoms. The molecule has 0 N–H and O–H groups in total. The average Bonchev–Trinajstić information content (AvgIpc) is 2.68. The van der Waals surface area contributed by atoms with Crippen molar-refractivity contribution in [2.24, 2.45) is 0 Å². The SMILES string of the molecule is CCOc1ccccc1C(=O)N1CCN([C@@H](C)c2ccncc2)CC1. The Hall–Kier alpha value is -2.40. The first-order valence-corrected chi connectivity index (χ1v) is 8.85. The van der Waals surface area contributed by atoms with Crippen LogP contribution in [0.5, 0.6) is 5.75 Å². The first-order chi connectivity index (χ1) is 12.2. The van der Waals surface area contributed by atoms with Gasteiger partial charge in [0.25, 0.3) is 5.91 Å². The van der Waals surface area contributed by atoms with Gasteiger partial charge in [0, 0.05) is 44.6 Å². The van der Waals surface area contributed by atoms with Crippen molar-refractivity contribution in [1.82, 2.24) is 14.8 Å². The van der Waals surface area contributed by atoms with E-state index in [0.29, 0.717) is 24.0 Å². The Balaban J connectivity index is 1.63. The molecule has 3 rings (SSSR count). The van der Waals surface area contributed by atoms with Crippen LogP contribution >= 0.6 is 0 Å². The quantitative estimate of drug-likeness (QED) is 0.840. The first-order valence-electron chi connectivity index (χ1n) is 8.85. The molecule has 1 amide bonds. The van der Waals surface area contributed by atoms with Gasteiger partial charge in [-0.15, -0.1) is 0 Å². The van der Waals surface area contributed by atoms with Crippen LogP contribution in [0.3, 0.4) is 0 Å². The Kier molecular flexibility index (Phi) is 5.66. The second-order valence-electron chi connectivity index (χ2n) is 6.21. The molecule has 1 fully saturated rings. The van der Waals surface area contributed by atoms with Gasteiger partial charge in [-0.2, -0.15) is 0 Å². The van der Waals surface area contributed by atoms with Gasteiger partial charge < -0.3 is 9.64 Å². The minimum Gasteiger partial charge on any atom is -0.493 e. The van der Waals surface area contributed by atoms with Gasteiger partial charge in [0.15, 0.2) is 0 Å². The Bertz CT molecular complexity index is 697. The number of carbonyl (C=O) groups is 1. The lowest BCUT2D eigenvalue weighted by atomic mass is 10.1. The van der Waals surface area contributed by atoms with Gasteiger partial charge >= 0.3 is 0 Å². The lowest BCUT2D eigenvalue weighted by molar-refractivity contribution is 0.0578. The monoisotopic (exact) mass is 339 g/mol. The molecule has 0 aliphatic carbocycles. The fourth-order valence-electron chi connectivity index (χ4n) is 3.26. The third kappa shape index (κ3) is 3.99. The number of hydrogen-bond donors (Lipinski definition) is 0. The molecule has 5 nitrogen and oxygen atoms in total. The number of ether oxygens (including phenoxy) is 1. The summed E-state index contributed by atoms with van der Waals surface area (Å²) in [5, 5.41) is 0. The van der Waals surface area contributed by atoms with E-state index in [0.717, 1.165) is 26.2 Å². The van der Waals surface area contributed by atoms with E-state index in [-0.39, 0.29) is 5.91 Å². The number of nitrogens with zero attached hydrogens (tertiary/aromatic N) is 3. The molecule has 0 unspecified atom stereocenters. The average molecular weight is 339 g/mol. The maximum atomic E-state index is 12.9. The van der Waals surface area contributed by atoms with Crippen molar-refractivity contribution in [2.75, 3.05) is 32.8 Å². The molecular weight excluding hydrogens is 314 g/mol. The second kappa shape index (κ2) is 8.12. The van der Waals surface area contributed by atoms with E-state index in [9.17, 15) is 4.79 Å². The van der Waals surface area contributed by atoms with E-state index in [1.54, 1.807) is 0 Å². The smallest absolute Gasteiger partial charge is 0.257 e. The minimum atomic E-state index is 0.0558. The highest BCUT2D eigenvalue weighted by atomic mass is 16.5. The summed E-state index contributed by atoms with van der Waals surface area (Å²) in [7, 11) is 0. The number of hydrogen-bond acceptors (Lipinski definition) is 4. The minimum absolute atomic E-state index is 0.0558. The molecule has 1 atom stereocenters. The molecule has 1 aromatic carbocycles. The van der Waals surface area contributed by atoms with Crippen molar-refractivity contribution in [2.45, 2.75) is 19.9 Å². The maximum absolute atomic E-state index is 12.9. The van der Waals surface area contributed by atoms with E-state index in [1.807, 2.05) is 48.5 Å². The number of rotatable bonds is 5. The molecule has 0 radical (unpaired) electrons. The summed E-state index contributed by atoms with van der Waals surface area (Å²) in [6.45, 7) is 7.89. The number of pyridine rings is 1. The number of para-hydroxylation sites is 1. The van der Waals surface area contributed by atoms with Crippen LogP contribution in [-0.4, -0.2) is 53.5 Å². The zero-order valence-corrected chi connectivity index (χ0v) is 14.9. The van der Waals surface area contributed by atoms with Gasteiger partial charge in [-0.1, -0.05) is 12.1 Å². The van der Waals surface area contributed by atoms with Gasteiger partial charge in [0.05, 0.1) is 12.2 Å². The molecule has 0 spiro atoms. The summed E-state index contributed by atoms with van der Waals surface area (Å²) in [4.78, 5) is 21.3. The summed E-state index contributed by atoms with van der Waals surface area (Å²) in [6, 6.07) is 11.9. The fraction of sp³-hybridized carbons (Fsp3) is 0.400. The van der Waals surface area contributed by atoms with Crippen LogP contribution in [0.25, 0.3) is 0 Å². The van der Waals surface area contributed by atoms with Crippen LogP contribution in [0.4, 0.5) is 0 Å². The third-order valence-electron chi connectivity index (χ3n) is 4.76. The topological polar surface area (TPSA) is 45.7 Å². The highest BCUT2D eigenvalue weighted by molar-refractivity contribution is 5.97. The predicted octanol–water partition coefficient (Wildman–Crippen LogP) is 3.00. The first kappa shape index (κ1) is 17.4. The lowest BCUT2D eigenvalue weighted by Crippen LogP contribution is -2.49. The van der Waals surface area contributed by atoms with E-state index >= 15 is 0 Å². The summed E-state index contributed by atoms with van der Waals surface area (Å²) in [6.07, 6.45) is 3.66. The summed E-state index contributed by atoms with van der Waals surface area (Å²) in [5.74, 6) is 0.725. The van der Waals surface area contributed by atoms with Gasteiger partial charge in [-0.05, 0) is 43.7 Å². The number of benzene rings is 1. The van der Waals surface area contributed by atoms with Crippen molar-refractivity contribution < 1.29 is 9.53 Å². The molecule has 2 aromatic rings. The highest BCUT2D eigenvalue weighted by Gasteiger charge is 2.26. The van der Waals surface area contributed by atoms with Crippen LogP contribution in [-0.2, 0) is 0 Å². The summed E-state index contributed by atoms with van der Waals surface area (Å²) >= 11 is 0. The van der Waals surface area contributed by atoms with Crippen LogP contribution in [0.2, 0.25) is 0 Å². The lowest BCUT2D eigenvalue weighted by Gasteiger charge is -2.38. The number of amides is 1. The van der Waals surface area contributed by atoms with Gasteiger partial charge in [0.1, 0.15) is 5.75 Å². The number of carbonyl (C=O) groups excluding carboxylic acids is 1. The van der Waals surface area contributed by atoms with Crippen molar-refractivity contribution in [3.8, 4) is 5.75 Å². The predicted molar refractivity (Wildman–Crippen MR) is 97.7 cm³/mol. The molecule has 0 saturated carbocycles. The molecular formula is C20H25N3O2. The second-order valence-corrected chi connectivity index (χ2v) is 6.21. The summed E-state index contributed by atoms with van der Waals surface area (Å²) in [5.41, 5.74) is 1.91. The van der Waals surface area contributed by atoms with Gasteiger partial charge in [0.2, 0.25) is 0 Å². The molecule has 132 valence electrons. The third-order valence-corrected chi connectivity index (χ3v) is 4.76. The molecule has 1 aliphatic rings. The maximum Gasteiger partial charge on any atom is 0.257 e. The Labute approximate surface area is 149 Å². The van der Waals surface area contributed by atoms with Crippen LogP contribution in [0, 0.1) is 0 Å². The van der Waals surface area contributed by atoms with E-state index in [2.05, 4.69) is 28.9 Å². The Morgan fingerprint density at radius 1 is 1.12 bits per heavy atom. The van der Waals surface area contributed by atoms with Gasteiger partial charge in [-0.25, -0.2) is 0 Å². The molecule has 5 heteroatoms. The fourth-order valence-corrected chi connectivity index (χ4v) is 3.26. The largest absolute Gasteiger partial charge is 0.493 e. The zero-order chi connectivity index (χ0) is 17.6. The Morgan fingerprint density at radius 2 is 1.80 bits per heavy atom. The van der Waals surface area contributed by atoms with Crippen molar-refractivity contribution in [3.63, 3.8) is 0 Å². The van der Waals surface area contributed by atoms with Gasteiger partial charge in [-0.3, -0.25) is 14.7 Å². The molecule has 25 heavy (non-hydrogen) atoms. The molecule has 1 aliphatic heterocycles. The molecule has 1 saturated heterocycles. The van der Waals surface area contributed by atoms with Crippen molar-refractivity contribution >= 4 is 5.91 Å². The zero-order valence-electron chi connectivity index (χ0n) is 14.9. The molecule has 2 heterocycles. The number of aromatic nitrogens is 1. The number of piperazine rings is 1. The van der Waals surface area contributed by atoms with Crippen molar-refractivity contribution in [1.29, 1.82) is 0 Å².